The van der Waals surface area contributed by atoms with E-state index in [1.54, 1.807) is 5.48 Å². The van der Waals surface area contributed by atoms with Crippen molar-refractivity contribution in [2.45, 2.75) is 89.8 Å². The molecule has 3 aliphatic heterocycles. The van der Waals surface area contributed by atoms with Crippen molar-refractivity contribution in [1.29, 1.82) is 0 Å². The Kier molecular flexibility index (Phi) is 25.8. The summed E-state index contributed by atoms with van der Waals surface area (Å²) in [6, 6.07) is 11.6. The van der Waals surface area contributed by atoms with Gasteiger partial charge < -0.3 is 88.6 Å². The van der Waals surface area contributed by atoms with Crippen LogP contribution in [-0.4, -0.2) is 165 Å². The second-order valence-corrected chi connectivity index (χ2v) is 23.0. The maximum Gasteiger partial charge on any atom is 0.307 e. The number of hydrogen-bond acceptors (Lipinski definition) is 32. The Morgan fingerprint density at radius 1 is 0.527 bits per heavy atom. The summed E-state index contributed by atoms with van der Waals surface area (Å²) in [5.74, 6) is 7.77. The molecule has 0 unspecified atom stereocenters. The standard InChI is InChI=1S/C19H21N5O5S.C18H20N6O5S.C15H15N5O3S.C4H7BrO2.H3NO/c1-11-7-12-13(29-10-28-12)8-14(11)30-19-23-16-17(20)21-9-22-18(16)24(19)4-6-27-5-3-15(25)26-2;1-10-6-11-12(29-9-28-11)7-13(10)30-18-22-15-16(19)20-8-21-17(15)24(18)3-5-27-4-2-14(25)23-26;1-8-4-9-10(23-7-22-9)5-11(8)24-15-19-12-13(16)17-6-18-14(12)20(15)2-3-21;1-7-4(6)2-3-5;1-2/h7-9H,3-6,10H2,1-2H3,(H2,20,21,22);6-8,26H,2-5,9H2,1H3,(H,23,25)(H2,19,20,21);4-6,21H,2-3,7H2,1H3,(H2,16,17,18);2-3H2,1H3;2H,1H2. The fraction of sp³-hybridized carbons (Fsp3) is 0.357. The number of anilines is 3. The number of hydrogen-bond donors (Lipinski definition) is 8. The molecule has 9 heterocycles. The molecule has 496 valence electrons. The summed E-state index contributed by atoms with van der Waals surface area (Å²) in [6.07, 6.45) is 4.92. The Labute approximate surface area is 550 Å². The first kappa shape index (κ1) is 70.1. The van der Waals surface area contributed by atoms with Gasteiger partial charge in [-0.15, -0.1) is 0 Å². The minimum Gasteiger partial charge on any atom is -0.469 e. The number of carbonyl (C=O) groups is 3. The largest absolute Gasteiger partial charge is 0.469 e. The molecular formula is C56H66BrN17O16S3. The van der Waals surface area contributed by atoms with Gasteiger partial charge >= 0.3 is 11.9 Å². The number of benzene rings is 3. The van der Waals surface area contributed by atoms with Gasteiger partial charge in [0.2, 0.25) is 26.3 Å². The number of alkyl halides is 1. The summed E-state index contributed by atoms with van der Waals surface area (Å²) in [7, 11) is 2.73. The Morgan fingerprint density at radius 3 is 1.18 bits per heavy atom. The van der Waals surface area contributed by atoms with Gasteiger partial charge in [-0.3, -0.25) is 19.6 Å². The van der Waals surface area contributed by atoms with Gasteiger partial charge in [0, 0.05) is 26.6 Å². The second-order valence-electron chi connectivity index (χ2n) is 19.2. The Bertz CT molecular complexity index is 3900. The van der Waals surface area contributed by atoms with Crippen LogP contribution in [0.2, 0.25) is 0 Å². The molecule has 12 N–H and O–H groups in total. The zero-order valence-electron chi connectivity index (χ0n) is 50.7. The van der Waals surface area contributed by atoms with Crippen LogP contribution in [0.1, 0.15) is 36.0 Å². The molecule has 1 amide bonds. The number of ether oxygens (including phenoxy) is 10. The lowest BCUT2D eigenvalue weighted by Gasteiger charge is -2.10. The van der Waals surface area contributed by atoms with Crippen LogP contribution in [0.4, 0.5) is 17.5 Å². The second kappa shape index (κ2) is 34.2. The highest BCUT2D eigenvalue weighted by Crippen LogP contribution is 2.44. The number of imidazole rings is 3. The van der Waals surface area contributed by atoms with E-state index in [0.29, 0.717) is 128 Å². The monoisotopic (exact) mass is 1410 g/mol. The summed E-state index contributed by atoms with van der Waals surface area (Å²) in [5.41, 5.74) is 26.0. The fourth-order valence-corrected chi connectivity index (χ4v) is 12.0. The molecule has 0 saturated heterocycles. The third-order valence-corrected chi connectivity index (χ3v) is 17.1. The van der Waals surface area contributed by atoms with Crippen LogP contribution in [0.3, 0.4) is 0 Å². The van der Waals surface area contributed by atoms with E-state index in [9.17, 15) is 19.5 Å². The topological polar surface area (TPSA) is 451 Å². The summed E-state index contributed by atoms with van der Waals surface area (Å²) in [5, 5.41) is 27.1. The molecular weight excluding hydrogens is 1340 g/mol. The predicted octanol–water partition coefficient (Wildman–Crippen LogP) is 5.55. The molecule has 0 radical (unpaired) electrons. The van der Waals surface area contributed by atoms with E-state index in [0.717, 1.165) is 48.6 Å². The average Bonchev–Trinajstić information content (AvgIpc) is 1.67. The van der Waals surface area contributed by atoms with Gasteiger partial charge in [0.25, 0.3) is 0 Å². The number of aryl methyl sites for hydroxylation is 3. The Morgan fingerprint density at radius 2 is 0.860 bits per heavy atom. The molecule has 37 heteroatoms. The maximum atomic E-state index is 11.2. The quantitative estimate of drug-likeness (QED) is 0.0135. The zero-order valence-corrected chi connectivity index (χ0v) is 54.8. The lowest BCUT2D eigenvalue weighted by Crippen LogP contribution is -2.20. The number of hydroxylamine groups is 1. The van der Waals surface area contributed by atoms with Crippen molar-refractivity contribution < 1.29 is 77.3 Å². The van der Waals surface area contributed by atoms with E-state index in [4.69, 9.17) is 65.5 Å². The molecule has 3 aliphatic rings. The van der Waals surface area contributed by atoms with Gasteiger partial charge in [-0.25, -0.2) is 56.2 Å². The van der Waals surface area contributed by atoms with Gasteiger partial charge in [0.1, 0.15) is 19.0 Å². The molecule has 12 rings (SSSR count). The number of fused-ring (bicyclic) bond motifs is 6. The highest BCUT2D eigenvalue weighted by molar-refractivity contribution is 9.09. The first-order chi connectivity index (χ1) is 45.1. The van der Waals surface area contributed by atoms with Gasteiger partial charge in [-0.1, -0.05) is 51.2 Å². The van der Waals surface area contributed by atoms with Crippen molar-refractivity contribution >= 4 is 120 Å². The molecule has 0 bridgehead atoms. The van der Waals surface area contributed by atoms with Crippen molar-refractivity contribution in [3.63, 3.8) is 0 Å². The number of halogens is 1. The van der Waals surface area contributed by atoms with Crippen LogP contribution in [0.25, 0.3) is 33.5 Å². The summed E-state index contributed by atoms with van der Waals surface area (Å²) in [4.78, 5) is 74.2. The average molecular weight is 1410 g/mol. The third-order valence-electron chi connectivity index (χ3n) is 13.2. The number of nitrogen functional groups attached to an aromatic ring is 3. The van der Waals surface area contributed by atoms with Crippen molar-refractivity contribution in [3.05, 3.63) is 72.1 Å². The molecule has 0 aliphatic carbocycles. The van der Waals surface area contributed by atoms with Gasteiger partial charge in [-0.2, -0.15) is 0 Å². The van der Waals surface area contributed by atoms with Gasteiger partial charge in [0.15, 0.2) is 101 Å². The van der Waals surface area contributed by atoms with E-state index >= 15 is 0 Å². The number of aliphatic hydroxyl groups is 1. The number of aliphatic hydroxyl groups excluding tert-OH is 1. The van der Waals surface area contributed by atoms with Gasteiger partial charge in [0.05, 0.1) is 79.6 Å². The summed E-state index contributed by atoms with van der Waals surface area (Å²) >= 11 is 7.48. The van der Waals surface area contributed by atoms with Crippen molar-refractivity contribution in [1.82, 2.24) is 64.0 Å². The smallest absolute Gasteiger partial charge is 0.307 e. The molecule has 33 nitrogen and oxygen atoms in total. The van der Waals surface area contributed by atoms with Crippen molar-refractivity contribution in [2.24, 2.45) is 5.90 Å². The maximum absolute atomic E-state index is 11.2. The SMILES string of the molecule is COC(=O)CCBr.COC(=O)CCOCCn1c(Sc2cc3c(cc2C)OCO3)nc2c(N)ncnc21.Cc1cc2c(cc1Sc1nc3c(N)ncnc3n1CCO)OCO2.Cc1cc2c(cc1Sc1nc3c(N)ncnc3n1CCOCCC(=O)NO)OCO2.NO. The van der Waals surface area contributed by atoms with E-state index < -0.39 is 5.91 Å². The van der Waals surface area contributed by atoms with Crippen molar-refractivity contribution in [2.75, 3.05) is 90.2 Å². The minimum atomic E-state index is -0.502. The number of aromatic nitrogens is 12. The lowest BCUT2D eigenvalue weighted by atomic mass is 10.2. The van der Waals surface area contributed by atoms with E-state index in [1.807, 2.05) is 70.9 Å². The number of nitrogens with two attached hydrogens (primary N) is 4. The number of amides is 1. The van der Waals surface area contributed by atoms with E-state index in [-0.39, 0.29) is 65.0 Å². The van der Waals surface area contributed by atoms with Crippen LogP contribution in [0, 0.1) is 20.8 Å². The van der Waals surface area contributed by atoms with Crippen LogP contribution < -0.4 is 57.0 Å². The number of methoxy groups -OCH3 is 2. The summed E-state index contributed by atoms with van der Waals surface area (Å²) in [6.45, 7) is 9.08. The molecule has 0 spiro atoms. The lowest BCUT2D eigenvalue weighted by molar-refractivity contribution is -0.142. The first-order valence-corrected chi connectivity index (χ1v) is 31.5. The van der Waals surface area contributed by atoms with Crippen molar-refractivity contribution in [3.8, 4) is 34.5 Å². The normalized spacial score (nSPS) is 12.1. The number of nitrogens with zero attached hydrogens (tertiary/aromatic N) is 12. The van der Waals surface area contributed by atoms with Crippen LogP contribution in [0.15, 0.2) is 85.5 Å². The Balaban J connectivity index is 0.000000169. The first-order valence-electron chi connectivity index (χ1n) is 27.9. The predicted molar refractivity (Wildman–Crippen MR) is 340 cm³/mol. The number of carbonyl (C=O) groups excluding carboxylic acids is 3. The molecule has 0 fully saturated rings. The van der Waals surface area contributed by atoms with Gasteiger partial charge in [-0.05, 0) is 73.9 Å². The third kappa shape index (κ3) is 17.9. The van der Waals surface area contributed by atoms with Crippen LogP contribution in [-0.2, 0) is 53.0 Å². The molecule has 0 saturated carbocycles. The number of nitrogens with one attached hydrogen (secondary N) is 1. The van der Waals surface area contributed by atoms with Crippen LogP contribution in [0.5, 0.6) is 34.5 Å². The highest BCUT2D eigenvalue weighted by Gasteiger charge is 2.24. The molecule has 9 aromatic rings. The molecule has 0 atom stereocenters. The minimum absolute atomic E-state index is 0.0248. The summed E-state index contributed by atoms with van der Waals surface area (Å²) < 4.78 is 58.4. The van der Waals surface area contributed by atoms with E-state index in [1.165, 1.54) is 68.5 Å². The number of esters is 2. The molecule has 93 heavy (non-hydrogen) atoms. The molecule has 3 aromatic carbocycles. The van der Waals surface area contributed by atoms with Crippen LogP contribution >= 0.6 is 51.2 Å². The van der Waals surface area contributed by atoms with E-state index in [2.05, 4.69) is 76.2 Å². The fourth-order valence-electron chi connectivity index (χ4n) is 8.61. The Hall–Kier alpha value is -8.79. The zero-order chi connectivity index (χ0) is 66.6. The number of rotatable bonds is 22. The highest BCUT2D eigenvalue weighted by atomic mass is 79.9. The molecule has 6 aromatic heterocycles.